The Kier molecular flexibility index (Phi) is 4.84. The molecule has 0 aliphatic carbocycles. The van der Waals surface area contributed by atoms with Crippen molar-refractivity contribution < 1.29 is 4.42 Å². The van der Waals surface area contributed by atoms with E-state index in [-0.39, 0.29) is 0 Å². The van der Waals surface area contributed by atoms with E-state index in [0.717, 1.165) is 37.2 Å². The van der Waals surface area contributed by atoms with Gasteiger partial charge in [0.1, 0.15) is 5.76 Å². The Bertz CT molecular complexity index is 359. The second-order valence-corrected chi connectivity index (χ2v) is 5.73. The van der Waals surface area contributed by atoms with Crippen LogP contribution in [-0.4, -0.2) is 24.5 Å². The second kappa shape index (κ2) is 6.39. The molecule has 102 valence electrons. The van der Waals surface area contributed by atoms with Crippen molar-refractivity contribution in [3.05, 3.63) is 23.7 Å². The van der Waals surface area contributed by atoms with E-state index in [2.05, 4.69) is 37.1 Å². The summed E-state index contributed by atoms with van der Waals surface area (Å²) in [5.41, 5.74) is 1.26. The molecule has 0 amide bonds. The van der Waals surface area contributed by atoms with Crippen LogP contribution < -0.4 is 5.32 Å². The SMILES string of the molecule is CCNCc1coc(CN2CCC(C(C)C)C2)c1. The molecule has 2 rings (SSSR count). The van der Waals surface area contributed by atoms with Crippen molar-refractivity contribution in [2.75, 3.05) is 19.6 Å². The van der Waals surface area contributed by atoms with Crippen molar-refractivity contribution in [3.63, 3.8) is 0 Å². The van der Waals surface area contributed by atoms with E-state index in [1.54, 1.807) is 0 Å². The van der Waals surface area contributed by atoms with Crippen molar-refractivity contribution >= 4 is 0 Å². The van der Waals surface area contributed by atoms with Crippen LogP contribution in [0, 0.1) is 11.8 Å². The zero-order chi connectivity index (χ0) is 13.0. The highest BCUT2D eigenvalue weighted by Crippen LogP contribution is 2.25. The number of hydrogen-bond acceptors (Lipinski definition) is 3. The van der Waals surface area contributed by atoms with Crippen LogP contribution in [0.15, 0.2) is 16.7 Å². The molecule has 1 aromatic rings. The lowest BCUT2D eigenvalue weighted by atomic mass is 9.95. The maximum atomic E-state index is 5.64. The lowest BCUT2D eigenvalue weighted by Gasteiger charge is -2.16. The first kappa shape index (κ1) is 13.6. The number of likely N-dealkylation sites (tertiary alicyclic amines) is 1. The number of rotatable bonds is 6. The maximum absolute atomic E-state index is 5.64. The lowest BCUT2D eigenvalue weighted by molar-refractivity contribution is 0.273. The van der Waals surface area contributed by atoms with E-state index in [9.17, 15) is 0 Å². The highest BCUT2D eigenvalue weighted by Gasteiger charge is 2.25. The van der Waals surface area contributed by atoms with Crippen LogP contribution in [-0.2, 0) is 13.1 Å². The predicted molar refractivity (Wildman–Crippen MR) is 74.3 cm³/mol. The number of nitrogens with zero attached hydrogens (tertiary/aromatic N) is 1. The van der Waals surface area contributed by atoms with Crippen LogP contribution in [0.5, 0.6) is 0 Å². The Morgan fingerprint density at radius 3 is 3.00 bits per heavy atom. The molecule has 1 aromatic heterocycles. The quantitative estimate of drug-likeness (QED) is 0.841. The van der Waals surface area contributed by atoms with Crippen LogP contribution >= 0.6 is 0 Å². The van der Waals surface area contributed by atoms with Crippen molar-refractivity contribution in [2.24, 2.45) is 11.8 Å². The molecule has 0 spiro atoms. The molecular formula is C15H26N2O. The molecule has 1 fully saturated rings. The summed E-state index contributed by atoms with van der Waals surface area (Å²) >= 11 is 0. The van der Waals surface area contributed by atoms with Crippen LogP contribution in [0.1, 0.15) is 38.5 Å². The third kappa shape index (κ3) is 3.59. The molecular weight excluding hydrogens is 224 g/mol. The van der Waals surface area contributed by atoms with E-state index in [1.165, 1.54) is 25.1 Å². The Morgan fingerprint density at radius 2 is 2.33 bits per heavy atom. The first-order chi connectivity index (χ1) is 8.69. The highest BCUT2D eigenvalue weighted by molar-refractivity contribution is 5.12. The molecule has 1 atom stereocenters. The molecule has 18 heavy (non-hydrogen) atoms. The summed E-state index contributed by atoms with van der Waals surface area (Å²) in [5.74, 6) is 2.77. The van der Waals surface area contributed by atoms with E-state index >= 15 is 0 Å². The van der Waals surface area contributed by atoms with Crippen LogP contribution in [0.3, 0.4) is 0 Å². The Labute approximate surface area is 111 Å². The predicted octanol–water partition coefficient (Wildman–Crippen LogP) is 2.87. The van der Waals surface area contributed by atoms with Gasteiger partial charge in [0.2, 0.25) is 0 Å². The topological polar surface area (TPSA) is 28.4 Å². The van der Waals surface area contributed by atoms with Gasteiger partial charge < -0.3 is 9.73 Å². The average molecular weight is 250 g/mol. The van der Waals surface area contributed by atoms with Crippen molar-refractivity contribution in [3.8, 4) is 0 Å². The van der Waals surface area contributed by atoms with Gasteiger partial charge in [-0.3, -0.25) is 4.90 Å². The molecule has 1 aliphatic heterocycles. The third-order valence-corrected chi connectivity index (χ3v) is 3.92. The standard InChI is InChI=1S/C15H26N2O/c1-4-16-8-13-7-15(18-11-13)10-17-6-5-14(9-17)12(2)3/h7,11-12,14,16H,4-6,8-10H2,1-3H3. The Hall–Kier alpha value is -0.800. The van der Waals surface area contributed by atoms with Gasteiger partial charge in [0, 0.05) is 18.7 Å². The molecule has 0 radical (unpaired) electrons. The van der Waals surface area contributed by atoms with Gasteiger partial charge in [0.15, 0.2) is 0 Å². The van der Waals surface area contributed by atoms with Crippen LogP contribution in [0.4, 0.5) is 0 Å². The van der Waals surface area contributed by atoms with Gasteiger partial charge in [-0.15, -0.1) is 0 Å². The number of hydrogen-bond donors (Lipinski definition) is 1. The summed E-state index contributed by atoms with van der Waals surface area (Å²) in [7, 11) is 0. The minimum Gasteiger partial charge on any atom is -0.468 e. The van der Waals surface area contributed by atoms with Gasteiger partial charge in [-0.25, -0.2) is 0 Å². The molecule has 3 nitrogen and oxygen atoms in total. The minimum absolute atomic E-state index is 0.802. The molecule has 0 bridgehead atoms. The van der Waals surface area contributed by atoms with E-state index in [1.807, 2.05) is 6.26 Å². The summed E-state index contributed by atoms with van der Waals surface area (Å²) in [5, 5.41) is 3.32. The van der Waals surface area contributed by atoms with Gasteiger partial charge in [0.25, 0.3) is 0 Å². The monoisotopic (exact) mass is 250 g/mol. The Balaban J connectivity index is 1.81. The third-order valence-electron chi connectivity index (χ3n) is 3.92. The first-order valence-corrected chi connectivity index (χ1v) is 7.18. The summed E-state index contributed by atoms with van der Waals surface area (Å²) in [6.07, 6.45) is 3.22. The molecule has 2 heterocycles. The van der Waals surface area contributed by atoms with Gasteiger partial charge in [-0.1, -0.05) is 20.8 Å². The van der Waals surface area contributed by atoms with Crippen LogP contribution in [0.25, 0.3) is 0 Å². The average Bonchev–Trinajstić information content (AvgIpc) is 2.96. The van der Waals surface area contributed by atoms with Crippen molar-refractivity contribution in [1.82, 2.24) is 10.2 Å². The zero-order valence-electron chi connectivity index (χ0n) is 11.9. The zero-order valence-corrected chi connectivity index (χ0v) is 11.9. The Morgan fingerprint density at radius 1 is 1.50 bits per heavy atom. The molecule has 1 N–H and O–H groups in total. The highest BCUT2D eigenvalue weighted by atomic mass is 16.3. The first-order valence-electron chi connectivity index (χ1n) is 7.18. The van der Waals surface area contributed by atoms with E-state index in [4.69, 9.17) is 4.42 Å². The largest absolute Gasteiger partial charge is 0.468 e. The van der Waals surface area contributed by atoms with Gasteiger partial charge in [0.05, 0.1) is 12.8 Å². The lowest BCUT2D eigenvalue weighted by Crippen LogP contribution is -2.21. The van der Waals surface area contributed by atoms with Crippen molar-refractivity contribution in [2.45, 2.75) is 40.3 Å². The van der Waals surface area contributed by atoms with Gasteiger partial charge in [-0.2, -0.15) is 0 Å². The van der Waals surface area contributed by atoms with E-state index < -0.39 is 0 Å². The van der Waals surface area contributed by atoms with Crippen molar-refractivity contribution in [1.29, 1.82) is 0 Å². The molecule has 0 aromatic carbocycles. The van der Waals surface area contributed by atoms with Crippen LogP contribution in [0.2, 0.25) is 0 Å². The summed E-state index contributed by atoms with van der Waals surface area (Å²) < 4.78 is 5.64. The maximum Gasteiger partial charge on any atom is 0.118 e. The molecule has 3 heteroatoms. The summed E-state index contributed by atoms with van der Waals surface area (Å²) in [4.78, 5) is 2.51. The fourth-order valence-corrected chi connectivity index (χ4v) is 2.64. The second-order valence-electron chi connectivity index (χ2n) is 5.73. The molecule has 1 saturated heterocycles. The van der Waals surface area contributed by atoms with E-state index in [0.29, 0.717) is 0 Å². The number of furan rings is 1. The van der Waals surface area contributed by atoms with Gasteiger partial charge >= 0.3 is 0 Å². The fraction of sp³-hybridized carbons (Fsp3) is 0.733. The summed E-state index contributed by atoms with van der Waals surface area (Å²) in [6, 6.07) is 2.19. The normalized spacial score (nSPS) is 21.0. The molecule has 0 saturated carbocycles. The van der Waals surface area contributed by atoms with Gasteiger partial charge in [-0.05, 0) is 37.4 Å². The molecule has 1 aliphatic rings. The number of nitrogens with one attached hydrogen (secondary N) is 1. The fourth-order valence-electron chi connectivity index (χ4n) is 2.64. The smallest absolute Gasteiger partial charge is 0.118 e. The summed E-state index contributed by atoms with van der Waals surface area (Å²) in [6.45, 7) is 12.1. The molecule has 1 unspecified atom stereocenters. The minimum atomic E-state index is 0.802.